The van der Waals surface area contributed by atoms with E-state index in [9.17, 15) is 9.59 Å². The zero-order valence-electron chi connectivity index (χ0n) is 25.2. The molecule has 4 aromatic rings. The van der Waals surface area contributed by atoms with Gasteiger partial charge in [0.25, 0.3) is 5.56 Å². The summed E-state index contributed by atoms with van der Waals surface area (Å²) in [4.78, 5) is 37.1. The van der Waals surface area contributed by atoms with Crippen LogP contribution in [0, 0.1) is 0 Å². The van der Waals surface area contributed by atoms with Crippen molar-refractivity contribution in [1.82, 2.24) is 4.57 Å². The second-order valence-corrected chi connectivity index (χ2v) is 12.2. The number of allylic oxidation sites excluding steroid dienone is 1. The average Bonchev–Trinajstić information content (AvgIpc) is 3.33. The van der Waals surface area contributed by atoms with E-state index >= 15 is 0 Å². The van der Waals surface area contributed by atoms with Crippen molar-refractivity contribution >= 4 is 46.5 Å². The van der Waals surface area contributed by atoms with Crippen LogP contribution in [0.4, 0.5) is 11.4 Å². The number of benzene rings is 3. The fraction of sp³-hybridized carbons (Fsp3) is 0.242. The number of para-hydroxylation sites is 1. The number of carbonyl (C=O) groups is 1. The van der Waals surface area contributed by atoms with E-state index in [1.54, 1.807) is 42.3 Å². The number of hydrogen-bond acceptors (Lipinski definition) is 10. The number of esters is 1. The van der Waals surface area contributed by atoms with Gasteiger partial charge in [-0.15, -0.1) is 0 Å². The van der Waals surface area contributed by atoms with Crippen molar-refractivity contribution in [2.45, 2.75) is 29.7 Å². The van der Waals surface area contributed by atoms with E-state index in [0.29, 0.717) is 37.8 Å². The molecule has 0 N–H and O–H groups in total. The quantitative estimate of drug-likeness (QED) is 0.262. The minimum atomic E-state index is -0.828. The van der Waals surface area contributed by atoms with Crippen molar-refractivity contribution in [2.75, 3.05) is 39.9 Å². The Balaban J connectivity index is 1.51. The van der Waals surface area contributed by atoms with Gasteiger partial charge in [-0.3, -0.25) is 9.36 Å². The molecule has 0 fully saturated rings. The number of ether oxygens (including phenoxy) is 4. The van der Waals surface area contributed by atoms with Gasteiger partial charge in [0.1, 0.15) is 0 Å². The Morgan fingerprint density at radius 2 is 1.68 bits per heavy atom. The molecule has 0 saturated carbocycles. The lowest BCUT2D eigenvalue weighted by Crippen LogP contribution is -2.40. The van der Waals surface area contributed by atoms with Crippen LogP contribution in [0.1, 0.15) is 31.0 Å². The number of thiazole rings is 1. The third kappa shape index (κ3) is 4.95. The van der Waals surface area contributed by atoms with Gasteiger partial charge in [-0.1, -0.05) is 41.3 Å². The molecule has 9 nitrogen and oxygen atoms in total. The molecule has 0 unspecified atom stereocenters. The van der Waals surface area contributed by atoms with E-state index in [4.69, 9.17) is 23.9 Å². The van der Waals surface area contributed by atoms with Crippen LogP contribution in [0.15, 0.2) is 85.4 Å². The van der Waals surface area contributed by atoms with Crippen molar-refractivity contribution in [1.29, 1.82) is 0 Å². The van der Waals surface area contributed by atoms with E-state index in [2.05, 4.69) is 36.2 Å². The van der Waals surface area contributed by atoms with E-state index in [1.165, 1.54) is 37.6 Å². The molecule has 11 heteroatoms. The lowest BCUT2D eigenvalue weighted by atomic mass is 9.95. The summed E-state index contributed by atoms with van der Waals surface area (Å²) in [5.41, 5.74) is 4.22. The molecule has 6 rings (SSSR count). The minimum Gasteiger partial charge on any atom is -0.493 e. The first-order valence-corrected chi connectivity index (χ1v) is 15.6. The van der Waals surface area contributed by atoms with Gasteiger partial charge in [0, 0.05) is 16.8 Å². The Labute approximate surface area is 262 Å². The number of rotatable bonds is 7. The molecule has 0 spiro atoms. The first-order chi connectivity index (χ1) is 21.3. The Morgan fingerprint density at radius 1 is 0.977 bits per heavy atom. The first kappa shape index (κ1) is 29.6. The predicted molar refractivity (Wildman–Crippen MR) is 172 cm³/mol. The molecule has 0 bridgehead atoms. The minimum absolute atomic E-state index is 0.179. The lowest BCUT2D eigenvalue weighted by Gasteiger charge is -2.29. The van der Waals surface area contributed by atoms with Gasteiger partial charge >= 0.3 is 5.97 Å². The van der Waals surface area contributed by atoms with Crippen molar-refractivity contribution in [2.24, 2.45) is 4.99 Å². The second-order valence-electron chi connectivity index (χ2n) is 10.1. The SMILES string of the molecule is CCOC(=O)C1=C(C)N=c2s/c(=C/c3ccc4c(c3)Sc3ccccc3N4C)c(=O)n2[C@@H]1c1cc(OC)c(OC)c(OC)c1. The highest BCUT2D eigenvalue weighted by Gasteiger charge is 2.35. The number of nitrogens with zero attached hydrogens (tertiary/aromatic N) is 3. The molecular formula is C33H31N3O6S2. The molecule has 0 amide bonds. The van der Waals surface area contributed by atoms with Crippen molar-refractivity contribution in [3.05, 3.63) is 96.7 Å². The maximum Gasteiger partial charge on any atom is 0.338 e. The number of fused-ring (bicyclic) bond motifs is 3. The molecule has 1 atom stereocenters. The number of anilines is 2. The van der Waals surface area contributed by atoms with Gasteiger partial charge in [0.2, 0.25) is 5.75 Å². The Hall–Kier alpha value is -4.48. The summed E-state index contributed by atoms with van der Waals surface area (Å²) in [5.74, 6) is 0.667. The van der Waals surface area contributed by atoms with Crippen molar-refractivity contribution in [3.8, 4) is 17.2 Å². The first-order valence-electron chi connectivity index (χ1n) is 13.9. The van der Waals surface area contributed by atoms with Gasteiger partial charge < -0.3 is 23.8 Å². The van der Waals surface area contributed by atoms with E-state index in [1.807, 2.05) is 24.3 Å². The summed E-state index contributed by atoms with van der Waals surface area (Å²) in [6.45, 7) is 3.67. The zero-order chi connectivity index (χ0) is 31.1. The smallest absolute Gasteiger partial charge is 0.338 e. The fourth-order valence-electron chi connectivity index (χ4n) is 5.57. The van der Waals surface area contributed by atoms with Gasteiger partial charge in [0.15, 0.2) is 16.3 Å². The predicted octanol–water partition coefficient (Wildman–Crippen LogP) is 5.06. The van der Waals surface area contributed by atoms with Gasteiger partial charge in [0.05, 0.1) is 61.2 Å². The molecule has 2 aliphatic rings. The van der Waals surface area contributed by atoms with Gasteiger partial charge in [-0.25, -0.2) is 9.79 Å². The maximum absolute atomic E-state index is 14.2. The topological polar surface area (TPSA) is 91.6 Å². The summed E-state index contributed by atoms with van der Waals surface area (Å²) in [6, 6.07) is 17.1. The van der Waals surface area contributed by atoms with Gasteiger partial charge in [-0.2, -0.15) is 0 Å². The highest BCUT2D eigenvalue weighted by atomic mass is 32.2. The zero-order valence-corrected chi connectivity index (χ0v) is 26.8. The largest absolute Gasteiger partial charge is 0.493 e. The second kappa shape index (κ2) is 11.9. The number of carbonyl (C=O) groups excluding carboxylic acids is 1. The van der Waals surface area contributed by atoms with Gasteiger partial charge in [-0.05, 0) is 67.4 Å². The fourth-order valence-corrected chi connectivity index (χ4v) is 7.81. The number of hydrogen-bond donors (Lipinski definition) is 0. The number of methoxy groups -OCH3 is 3. The van der Waals surface area contributed by atoms with Crippen LogP contribution in [-0.4, -0.2) is 45.5 Å². The molecule has 3 heterocycles. The lowest BCUT2D eigenvalue weighted by molar-refractivity contribution is -0.139. The summed E-state index contributed by atoms with van der Waals surface area (Å²) in [5, 5.41) is 0. The Bertz CT molecular complexity index is 1990. The molecule has 1 aromatic heterocycles. The normalized spacial score (nSPS) is 15.6. The van der Waals surface area contributed by atoms with Crippen LogP contribution < -0.4 is 34.0 Å². The molecule has 2 aliphatic heterocycles. The summed E-state index contributed by atoms with van der Waals surface area (Å²) >= 11 is 2.98. The summed E-state index contributed by atoms with van der Waals surface area (Å²) < 4.78 is 24.2. The molecule has 44 heavy (non-hydrogen) atoms. The highest BCUT2D eigenvalue weighted by Crippen LogP contribution is 2.47. The summed E-state index contributed by atoms with van der Waals surface area (Å²) in [6.07, 6.45) is 1.88. The maximum atomic E-state index is 14.2. The highest BCUT2D eigenvalue weighted by molar-refractivity contribution is 7.99. The average molecular weight is 630 g/mol. The molecule has 0 saturated heterocycles. The third-order valence-corrected chi connectivity index (χ3v) is 9.70. The van der Waals surface area contributed by atoms with E-state index in [-0.39, 0.29) is 17.7 Å². The van der Waals surface area contributed by atoms with Crippen LogP contribution in [-0.2, 0) is 9.53 Å². The molecule has 226 valence electrons. The van der Waals surface area contributed by atoms with E-state index in [0.717, 1.165) is 21.8 Å². The summed E-state index contributed by atoms with van der Waals surface area (Å²) in [7, 11) is 6.62. The third-order valence-electron chi connectivity index (χ3n) is 7.61. The van der Waals surface area contributed by atoms with Crippen LogP contribution >= 0.6 is 23.1 Å². The van der Waals surface area contributed by atoms with E-state index < -0.39 is 12.0 Å². The number of aromatic nitrogens is 1. The van der Waals surface area contributed by atoms with Crippen LogP contribution in [0.2, 0.25) is 0 Å². The Morgan fingerprint density at radius 3 is 2.36 bits per heavy atom. The standard InChI is InChI=1S/C33H31N3O6S2/c1-7-42-32(38)28-18(2)34-33-36(29(28)20-16-23(39-4)30(41-6)24(17-20)40-5)31(37)27(44-33)15-19-12-13-22-26(14-19)43-25-11-9-8-10-21(25)35(22)3/h8-17,29H,7H2,1-6H3/b27-15+/t29-/m1/s1. The monoisotopic (exact) mass is 629 g/mol. The molecule has 0 radical (unpaired) electrons. The Kier molecular flexibility index (Phi) is 8.00. The van der Waals surface area contributed by atoms with Crippen LogP contribution in [0.3, 0.4) is 0 Å². The van der Waals surface area contributed by atoms with Crippen molar-refractivity contribution in [3.63, 3.8) is 0 Å². The van der Waals surface area contributed by atoms with Crippen LogP contribution in [0.25, 0.3) is 6.08 Å². The molecule has 3 aromatic carbocycles. The molecular weight excluding hydrogens is 599 g/mol. The van der Waals surface area contributed by atoms with Crippen molar-refractivity contribution < 1.29 is 23.7 Å². The molecule has 0 aliphatic carbocycles. The van der Waals surface area contributed by atoms with Crippen LogP contribution in [0.5, 0.6) is 17.2 Å².